The molecule has 23 heavy (non-hydrogen) atoms. The molecule has 1 fully saturated rings. The number of unbranched alkanes of at least 4 members (excludes halogenated alkanes) is 3. The van der Waals surface area contributed by atoms with Gasteiger partial charge in [-0.2, -0.15) is 4.28 Å². The minimum absolute atomic E-state index is 0.343. The van der Waals surface area contributed by atoms with Crippen molar-refractivity contribution < 1.29 is 19.1 Å². The molecule has 7 nitrogen and oxygen atoms in total. The summed E-state index contributed by atoms with van der Waals surface area (Å²) in [5, 5.41) is 10.5. The second-order valence-corrected chi connectivity index (χ2v) is 5.85. The summed E-state index contributed by atoms with van der Waals surface area (Å²) in [6.07, 6.45) is 5.77. The van der Waals surface area contributed by atoms with E-state index in [4.69, 9.17) is 20.1 Å². The lowest BCUT2D eigenvalue weighted by Crippen LogP contribution is -2.18. The predicted molar refractivity (Wildman–Crippen MR) is 88.3 cm³/mol. The number of hydroxylamine groups is 3. The maximum Gasteiger partial charge on any atom is 0.243 e. The number of hydrogen-bond donors (Lipinski definition) is 3. The highest BCUT2D eigenvalue weighted by atomic mass is 32.2. The summed E-state index contributed by atoms with van der Waals surface area (Å²) < 4.78 is 5.36. The third-order valence-electron chi connectivity index (χ3n) is 3.23. The first-order valence-corrected chi connectivity index (χ1v) is 8.22. The van der Waals surface area contributed by atoms with Gasteiger partial charge in [0.2, 0.25) is 11.0 Å². The molecule has 0 saturated carbocycles. The molecule has 0 spiro atoms. The van der Waals surface area contributed by atoms with Crippen molar-refractivity contribution >= 4 is 29.7 Å². The molecule has 0 unspecified atom stereocenters. The van der Waals surface area contributed by atoms with Crippen LogP contribution in [0.15, 0.2) is 29.4 Å². The van der Waals surface area contributed by atoms with Gasteiger partial charge in [-0.05, 0) is 41.8 Å². The molecule has 0 aliphatic carbocycles. The molecule has 1 saturated heterocycles. The van der Waals surface area contributed by atoms with E-state index in [0.29, 0.717) is 18.1 Å². The summed E-state index contributed by atoms with van der Waals surface area (Å²) in [5.41, 5.74) is 8.99. The fourth-order valence-corrected chi connectivity index (χ4v) is 2.57. The Morgan fingerprint density at radius 2 is 2.00 bits per heavy atom. The fourth-order valence-electron chi connectivity index (χ4n) is 2.01. The van der Waals surface area contributed by atoms with Gasteiger partial charge in [-0.3, -0.25) is 10.0 Å². The molecule has 1 aromatic rings. The van der Waals surface area contributed by atoms with Crippen LogP contribution in [-0.2, 0) is 13.9 Å². The van der Waals surface area contributed by atoms with E-state index < -0.39 is 0 Å². The van der Waals surface area contributed by atoms with E-state index in [1.165, 1.54) is 17.3 Å². The van der Waals surface area contributed by atoms with E-state index in [-0.39, 0.29) is 5.91 Å². The van der Waals surface area contributed by atoms with E-state index in [9.17, 15) is 4.79 Å². The van der Waals surface area contributed by atoms with Gasteiger partial charge in [0.05, 0.1) is 18.6 Å². The monoisotopic (exact) mass is 339 g/mol. The zero-order chi connectivity index (χ0) is 16.5. The van der Waals surface area contributed by atoms with Crippen LogP contribution in [0.1, 0.15) is 37.7 Å². The van der Waals surface area contributed by atoms with E-state index in [2.05, 4.69) is 0 Å². The van der Waals surface area contributed by atoms with Crippen LogP contribution in [0, 0.1) is 0 Å². The third kappa shape index (κ3) is 6.49. The van der Waals surface area contributed by atoms with Crippen LogP contribution in [0.5, 0.6) is 0 Å². The Labute approximate surface area is 139 Å². The summed E-state index contributed by atoms with van der Waals surface area (Å²) in [7, 11) is 0. The number of nitrogens with one attached hydrogen (secondary N) is 1. The van der Waals surface area contributed by atoms with Crippen LogP contribution in [0.3, 0.4) is 0 Å². The molecule has 0 radical (unpaired) electrons. The van der Waals surface area contributed by atoms with Crippen molar-refractivity contribution in [2.24, 2.45) is 0 Å². The van der Waals surface area contributed by atoms with E-state index in [0.717, 1.165) is 36.9 Å². The quantitative estimate of drug-likeness (QED) is 0.220. The van der Waals surface area contributed by atoms with Gasteiger partial charge in [-0.15, -0.1) is 0 Å². The number of amides is 1. The average Bonchev–Trinajstić information content (AvgIpc) is 3.00. The largest absolute Gasteiger partial charge is 0.399 e. The fraction of sp³-hybridized carbons (Fsp3) is 0.400. The topological polar surface area (TPSA) is 97.1 Å². The summed E-state index contributed by atoms with van der Waals surface area (Å²) in [6.45, 7) is 0.651. The van der Waals surface area contributed by atoms with Crippen molar-refractivity contribution in [3.05, 3.63) is 34.9 Å². The van der Waals surface area contributed by atoms with Crippen LogP contribution in [0.25, 0.3) is 6.08 Å². The Morgan fingerprint density at radius 3 is 2.74 bits per heavy atom. The highest BCUT2D eigenvalue weighted by Crippen LogP contribution is 2.31. The highest BCUT2D eigenvalue weighted by Gasteiger charge is 2.20. The van der Waals surface area contributed by atoms with E-state index >= 15 is 0 Å². The molecule has 1 heterocycles. The van der Waals surface area contributed by atoms with Crippen LogP contribution in [0.2, 0.25) is 0 Å². The van der Waals surface area contributed by atoms with Gasteiger partial charge < -0.3 is 10.6 Å². The SMILES string of the molecule is Nc1ccc(/C=C2/ON(CCCCCCC(=O)NO)OS2)cc1. The number of benzene rings is 1. The number of carbonyl (C=O) groups is 1. The third-order valence-corrected chi connectivity index (χ3v) is 3.83. The predicted octanol–water partition coefficient (Wildman–Crippen LogP) is 2.85. The Bertz CT molecular complexity index is 536. The molecular weight excluding hydrogens is 318 g/mol. The van der Waals surface area contributed by atoms with Gasteiger partial charge in [0.25, 0.3) is 0 Å². The van der Waals surface area contributed by atoms with Crippen LogP contribution in [0.4, 0.5) is 5.69 Å². The number of anilines is 1. The first-order valence-electron chi connectivity index (χ1n) is 7.47. The lowest BCUT2D eigenvalue weighted by Gasteiger charge is -2.10. The van der Waals surface area contributed by atoms with Crippen molar-refractivity contribution in [2.75, 3.05) is 12.3 Å². The number of carbonyl (C=O) groups excluding carboxylic acids is 1. The van der Waals surface area contributed by atoms with Crippen molar-refractivity contribution in [2.45, 2.75) is 32.1 Å². The van der Waals surface area contributed by atoms with Crippen LogP contribution in [-0.4, -0.2) is 22.9 Å². The van der Waals surface area contributed by atoms with Crippen LogP contribution < -0.4 is 11.2 Å². The molecule has 1 aliphatic rings. The molecule has 1 amide bonds. The normalized spacial score (nSPS) is 16.5. The Hall–Kier alpha value is -1.74. The summed E-state index contributed by atoms with van der Waals surface area (Å²) in [4.78, 5) is 16.4. The molecule has 0 atom stereocenters. The minimum Gasteiger partial charge on any atom is -0.399 e. The second kappa shape index (κ2) is 9.41. The summed E-state index contributed by atoms with van der Waals surface area (Å²) in [5.74, 6) is -0.343. The van der Waals surface area contributed by atoms with Gasteiger partial charge in [0.15, 0.2) is 0 Å². The van der Waals surface area contributed by atoms with Crippen LogP contribution >= 0.6 is 12.0 Å². The maximum atomic E-state index is 10.8. The lowest BCUT2D eigenvalue weighted by molar-refractivity contribution is -0.259. The van der Waals surface area contributed by atoms with E-state index in [1.807, 2.05) is 30.3 Å². The minimum atomic E-state index is -0.343. The van der Waals surface area contributed by atoms with Crippen molar-refractivity contribution in [3.63, 3.8) is 0 Å². The van der Waals surface area contributed by atoms with Crippen molar-refractivity contribution in [3.8, 4) is 0 Å². The number of rotatable bonds is 8. The zero-order valence-electron chi connectivity index (χ0n) is 12.7. The summed E-state index contributed by atoms with van der Waals surface area (Å²) >= 11 is 1.18. The number of hydrogen-bond acceptors (Lipinski definition) is 7. The zero-order valence-corrected chi connectivity index (χ0v) is 13.6. The molecule has 2 rings (SSSR count). The molecule has 0 bridgehead atoms. The Morgan fingerprint density at radius 1 is 1.26 bits per heavy atom. The standard InChI is InChI=1S/C15H21N3O4S/c16-13-8-6-12(7-9-13)11-15-21-18(22-23-15)10-4-2-1-3-5-14(19)17-20/h6-9,11,20H,1-5,10,16H2,(H,17,19)/b15-11-. The first kappa shape index (κ1) is 17.6. The second-order valence-electron chi connectivity index (χ2n) is 5.13. The lowest BCUT2D eigenvalue weighted by atomic mass is 10.1. The van der Waals surface area contributed by atoms with E-state index in [1.54, 1.807) is 5.48 Å². The number of nitrogen functional groups attached to an aromatic ring is 1. The van der Waals surface area contributed by atoms with Crippen molar-refractivity contribution in [1.82, 2.24) is 10.7 Å². The smallest absolute Gasteiger partial charge is 0.243 e. The van der Waals surface area contributed by atoms with Gasteiger partial charge in [0, 0.05) is 12.1 Å². The Balaban J connectivity index is 1.62. The molecule has 1 aromatic carbocycles. The molecule has 0 aromatic heterocycles. The van der Waals surface area contributed by atoms with Gasteiger partial charge >= 0.3 is 0 Å². The molecular formula is C15H21N3O4S. The molecule has 1 aliphatic heterocycles. The van der Waals surface area contributed by atoms with Crippen molar-refractivity contribution in [1.29, 1.82) is 0 Å². The first-order chi connectivity index (χ1) is 11.2. The number of nitrogens with zero attached hydrogens (tertiary/aromatic N) is 1. The molecule has 126 valence electrons. The Kier molecular flexibility index (Phi) is 7.21. The maximum absolute atomic E-state index is 10.8. The molecule has 8 heteroatoms. The highest BCUT2D eigenvalue weighted by molar-refractivity contribution is 7.98. The average molecular weight is 339 g/mol. The molecule has 4 N–H and O–H groups in total. The number of nitrogens with two attached hydrogens (primary N) is 1. The summed E-state index contributed by atoms with van der Waals surface area (Å²) in [6, 6.07) is 7.50. The van der Waals surface area contributed by atoms with Gasteiger partial charge in [0.1, 0.15) is 0 Å². The van der Waals surface area contributed by atoms with Gasteiger partial charge in [-0.25, -0.2) is 5.48 Å². The van der Waals surface area contributed by atoms with Gasteiger partial charge in [-0.1, -0.05) is 25.0 Å².